The predicted octanol–water partition coefficient (Wildman–Crippen LogP) is 4.50. The Morgan fingerprint density at radius 3 is 1.94 bits per heavy atom. The molecule has 0 amide bonds. The Kier molecular flexibility index (Phi) is 7.75. The molecule has 1 saturated carbocycles. The molecule has 35 heavy (non-hydrogen) atoms. The zero-order valence-electron chi connectivity index (χ0n) is 21.1. The quantitative estimate of drug-likeness (QED) is 0.265. The standard InChI is InChI=1S/C28H35N2O3PS/c1-18-16-17-22(19(2)29-23-24(26(32)25(23)31)30-35(33)28(3,4)5)27(18)34(20-12-8-6-9-13-20)21-14-10-7-11-15-21/h6-15,18-19,22,27,29-30H,16-17H2,1-5H3/t18?,19-,22+,27?,35-/m1/s1. The summed E-state index contributed by atoms with van der Waals surface area (Å²) in [5.74, 6) is 0.872. The monoisotopic (exact) mass is 510 g/mol. The van der Waals surface area contributed by atoms with Crippen LogP contribution in [0.25, 0.3) is 0 Å². The van der Waals surface area contributed by atoms with Gasteiger partial charge in [-0.1, -0.05) is 67.6 Å². The van der Waals surface area contributed by atoms with E-state index in [9.17, 15) is 14.1 Å². The van der Waals surface area contributed by atoms with Gasteiger partial charge in [-0.05, 0) is 76.6 Å². The summed E-state index contributed by atoms with van der Waals surface area (Å²) in [6.07, 6.45) is 2.19. The lowest BCUT2D eigenvalue weighted by molar-refractivity contribution is 0.471. The topological polar surface area (TPSA) is 81.3 Å². The van der Waals surface area contributed by atoms with Gasteiger partial charge in [0.15, 0.2) is 5.69 Å². The van der Waals surface area contributed by atoms with Gasteiger partial charge in [0.25, 0.3) is 10.9 Å². The highest BCUT2D eigenvalue weighted by molar-refractivity contribution is 7.94. The summed E-state index contributed by atoms with van der Waals surface area (Å²) >= 11 is -1.48. The second-order valence-corrected chi connectivity index (χ2v) is 14.9. The van der Waals surface area contributed by atoms with Crippen LogP contribution >= 0.6 is 7.92 Å². The zero-order valence-corrected chi connectivity index (χ0v) is 22.8. The van der Waals surface area contributed by atoms with E-state index in [-0.39, 0.29) is 17.4 Å². The number of hydrogen-bond acceptors (Lipinski definition) is 5. The van der Waals surface area contributed by atoms with E-state index in [4.69, 9.17) is 0 Å². The Balaban J connectivity index is 1.62. The van der Waals surface area contributed by atoms with Crippen LogP contribution in [0.1, 0.15) is 47.5 Å². The third kappa shape index (κ3) is 5.35. The summed E-state index contributed by atoms with van der Waals surface area (Å²) in [5.41, 5.74) is -0.247. The minimum Gasteiger partial charge on any atom is -0.593 e. The SMILES string of the molecule is CC1CC[C@@H]([C@@H](C)Nc2c(N[S@+]([O-])C(C)(C)C)c(=O)c2=O)C1P(c1ccccc1)c1ccccc1. The first-order valence-corrected chi connectivity index (χ1v) is 14.8. The van der Waals surface area contributed by atoms with Gasteiger partial charge in [-0.2, -0.15) is 0 Å². The molecule has 1 fully saturated rings. The molecule has 0 spiro atoms. The van der Waals surface area contributed by atoms with Crippen LogP contribution in [0.15, 0.2) is 70.3 Å². The summed E-state index contributed by atoms with van der Waals surface area (Å²) in [5, 5.41) is 6.10. The highest BCUT2D eigenvalue weighted by atomic mass is 32.2. The fraction of sp³-hybridized carbons (Fsp3) is 0.429. The molecular weight excluding hydrogens is 475 g/mol. The molecule has 0 heterocycles. The van der Waals surface area contributed by atoms with Gasteiger partial charge in [0, 0.05) is 6.04 Å². The van der Waals surface area contributed by atoms with E-state index in [1.807, 2.05) is 20.8 Å². The molecular formula is C28H35N2O3PS. The molecule has 5 atom stereocenters. The van der Waals surface area contributed by atoms with Crippen LogP contribution in [0.4, 0.5) is 11.4 Å². The smallest absolute Gasteiger partial charge is 0.257 e. The van der Waals surface area contributed by atoms with Gasteiger partial charge in [0.1, 0.15) is 10.4 Å². The molecule has 5 nitrogen and oxygen atoms in total. The van der Waals surface area contributed by atoms with Crippen molar-refractivity contribution in [3.63, 3.8) is 0 Å². The normalized spacial score (nSPS) is 22.3. The maximum Gasteiger partial charge on any atom is 0.257 e. The molecule has 3 aromatic carbocycles. The lowest BCUT2D eigenvalue weighted by Crippen LogP contribution is -2.45. The summed E-state index contributed by atoms with van der Waals surface area (Å²) in [7, 11) is -0.607. The highest BCUT2D eigenvalue weighted by Gasteiger charge is 2.43. The van der Waals surface area contributed by atoms with Crippen molar-refractivity contribution in [2.75, 3.05) is 10.0 Å². The molecule has 4 rings (SSSR count). The van der Waals surface area contributed by atoms with E-state index >= 15 is 0 Å². The van der Waals surface area contributed by atoms with Gasteiger partial charge < -0.3 is 9.87 Å². The van der Waals surface area contributed by atoms with Crippen LogP contribution in [0.3, 0.4) is 0 Å². The summed E-state index contributed by atoms with van der Waals surface area (Å²) in [6, 6.07) is 21.5. The van der Waals surface area contributed by atoms with Crippen LogP contribution in [0.5, 0.6) is 0 Å². The Labute approximate surface area is 212 Å². The minimum absolute atomic E-state index is 0.00528. The van der Waals surface area contributed by atoms with Gasteiger partial charge in [0.05, 0.1) is 11.4 Å². The zero-order chi connectivity index (χ0) is 25.3. The van der Waals surface area contributed by atoms with Crippen molar-refractivity contribution in [2.45, 2.75) is 63.9 Å². The number of hydrogen-bond donors (Lipinski definition) is 2. The van der Waals surface area contributed by atoms with Gasteiger partial charge >= 0.3 is 0 Å². The second kappa shape index (κ2) is 10.5. The Morgan fingerprint density at radius 2 is 1.43 bits per heavy atom. The molecule has 3 aromatic rings. The van der Waals surface area contributed by atoms with Crippen molar-refractivity contribution in [3.8, 4) is 0 Å². The molecule has 0 bridgehead atoms. The van der Waals surface area contributed by atoms with Gasteiger partial charge in [-0.15, -0.1) is 0 Å². The van der Waals surface area contributed by atoms with Crippen molar-refractivity contribution in [1.29, 1.82) is 0 Å². The predicted molar refractivity (Wildman–Crippen MR) is 151 cm³/mol. The van der Waals surface area contributed by atoms with E-state index in [0.717, 1.165) is 12.8 Å². The molecule has 2 unspecified atom stereocenters. The fourth-order valence-electron chi connectivity index (χ4n) is 5.09. The van der Waals surface area contributed by atoms with Crippen molar-refractivity contribution < 1.29 is 4.55 Å². The van der Waals surface area contributed by atoms with Crippen molar-refractivity contribution >= 4 is 41.3 Å². The Bertz CT molecular complexity index is 1170. The van der Waals surface area contributed by atoms with Crippen LogP contribution in [-0.2, 0) is 11.4 Å². The van der Waals surface area contributed by atoms with Crippen molar-refractivity contribution in [2.24, 2.45) is 11.8 Å². The Hall–Kier alpha value is -2.14. The first-order chi connectivity index (χ1) is 16.6. The molecule has 0 aliphatic heterocycles. The molecule has 2 N–H and O–H groups in total. The maximum atomic E-state index is 12.6. The van der Waals surface area contributed by atoms with Crippen molar-refractivity contribution in [1.82, 2.24) is 0 Å². The average molecular weight is 511 g/mol. The lowest BCUT2D eigenvalue weighted by atomic mass is 9.97. The maximum absolute atomic E-state index is 12.6. The molecule has 0 aromatic heterocycles. The highest BCUT2D eigenvalue weighted by Crippen LogP contribution is 2.53. The van der Waals surface area contributed by atoms with Crippen LogP contribution < -0.4 is 31.5 Å². The Morgan fingerprint density at radius 1 is 0.914 bits per heavy atom. The number of anilines is 2. The molecule has 1 aliphatic rings. The van der Waals surface area contributed by atoms with E-state index in [0.29, 0.717) is 17.5 Å². The average Bonchev–Trinajstić information content (AvgIpc) is 3.22. The summed E-state index contributed by atoms with van der Waals surface area (Å²) < 4.78 is 14.8. The molecule has 186 valence electrons. The number of nitrogens with one attached hydrogen (secondary N) is 2. The first kappa shape index (κ1) is 25.9. The second-order valence-electron chi connectivity index (χ2n) is 10.6. The minimum atomic E-state index is -1.48. The van der Waals surface area contributed by atoms with Crippen molar-refractivity contribution in [3.05, 3.63) is 81.1 Å². The van der Waals surface area contributed by atoms with E-state index in [2.05, 4.69) is 84.6 Å². The third-order valence-corrected chi connectivity index (χ3v) is 11.7. The van der Waals surface area contributed by atoms with E-state index in [1.54, 1.807) is 0 Å². The van der Waals surface area contributed by atoms with E-state index < -0.39 is 34.9 Å². The van der Waals surface area contributed by atoms with E-state index in [1.165, 1.54) is 10.6 Å². The summed E-state index contributed by atoms with van der Waals surface area (Å²) in [4.78, 5) is 24.8. The first-order valence-electron chi connectivity index (χ1n) is 12.3. The number of benzene rings is 2. The van der Waals surface area contributed by atoms with Gasteiger partial charge in [-0.25, -0.2) is 4.72 Å². The largest absolute Gasteiger partial charge is 0.593 e. The lowest BCUT2D eigenvalue weighted by Gasteiger charge is -2.36. The molecule has 0 radical (unpaired) electrons. The molecule has 7 heteroatoms. The fourth-order valence-corrected chi connectivity index (χ4v) is 9.20. The van der Waals surface area contributed by atoms with Gasteiger partial charge in [0.2, 0.25) is 0 Å². The van der Waals surface area contributed by atoms with Crippen LogP contribution in [0.2, 0.25) is 0 Å². The van der Waals surface area contributed by atoms with Crippen LogP contribution in [-0.4, -0.2) is 21.0 Å². The number of rotatable bonds is 8. The summed E-state index contributed by atoms with van der Waals surface area (Å²) in [6.45, 7) is 9.95. The molecule has 0 saturated heterocycles. The third-order valence-electron chi connectivity index (χ3n) is 7.02. The van der Waals surface area contributed by atoms with Crippen LogP contribution in [0, 0.1) is 11.8 Å². The van der Waals surface area contributed by atoms with Gasteiger partial charge in [-0.3, -0.25) is 9.59 Å². The molecule has 1 aliphatic carbocycles.